The summed E-state index contributed by atoms with van der Waals surface area (Å²) in [6, 6.07) is 18.8. The molecular weight excluding hydrogens is 368 g/mol. The van der Waals surface area contributed by atoms with Gasteiger partial charge >= 0.3 is 6.09 Å². The van der Waals surface area contributed by atoms with Gasteiger partial charge in [-0.05, 0) is 51.2 Å². The zero-order chi connectivity index (χ0) is 21.3. The molecule has 3 atom stereocenters. The average Bonchev–Trinajstić information content (AvgIpc) is 2.69. The number of benzene rings is 2. The zero-order valence-corrected chi connectivity index (χ0v) is 17.3. The lowest BCUT2D eigenvalue weighted by Crippen LogP contribution is -2.55. The van der Waals surface area contributed by atoms with Crippen LogP contribution in [0.3, 0.4) is 0 Å². The largest absolute Gasteiger partial charge is 0.443 e. The highest BCUT2D eigenvalue weighted by molar-refractivity contribution is 5.67. The van der Waals surface area contributed by atoms with Crippen LogP contribution in [0, 0.1) is 0 Å². The Labute approximate surface area is 172 Å². The van der Waals surface area contributed by atoms with Crippen molar-refractivity contribution in [3.63, 3.8) is 0 Å². The number of nitrogens with one attached hydrogen (secondary N) is 2. The highest BCUT2D eigenvalue weighted by Crippen LogP contribution is 2.13. The first-order valence-corrected chi connectivity index (χ1v) is 9.93. The number of carbonyl (C=O) groups excluding carboxylic acids is 1. The molecule has 0 aliphatic heterocycles. The topological polar surface area (TPSA) is 90.8 Å². The Bertz CT molecular complexity index is 732. The number of amides is 1. The zero-order valence-electron chi connectivity index (χ0n) is 17.3. The summed E-state index contributed by atoms with van der Waals surface area (Å²) in [7, 11) is 0. The summed E-state index contributed by atoms with van der Waals surface area (Å²) in [5, 5.41) is 21.3. The molecule has 0 saturated carbocycles. The highest BCUT2D eigenvalue weighted by atomic mass is 16.6. The molecule has 0 bridgehead atoms. The quantitative estimate of drug-likeness (QED) is 0.486. The summed E-state index contributed by atoms with van der Waals surface area (Å²) in [5.41, 5.74) is 6.76. The fraction of sp³-hybridized carbons (Fsp3) is 0.435. The lowest BCUT2D eigenvalue weighted by atomic mass is 9.95. The van der Waals surface area contributed by atoms with E-state index in [-0.39, 0.29) is 0 Å². The van der Waals surface area contributed by atoms with Gasteiger partial charge in [0.15, 0.2) is 0 Å². The molecule has 2 aromatic rings. The molecule has 0 heterocycles. The predicted octanol–water partition coefficient (Wildman–Crippen LogP) is 2.98. The molecule has 4 N–H and O–H groups in total. The molecule has 0 fully saturated rings. The van der Waals surface area contributed by atoms with E-state index in [1.54, 1.807) is 20.8 Å². The molecule has 158 valence electrons. The Hall–Kier alpha value is -2.41. The first kappa shape index (κ1) is 22.9. The molecule has 6 nitrogen and oxygen atoms in total. The Kier molecular flexibility index (Phi) is 8.64. The van der Waals surface area contributed by atoms with E-state index in [0.29, 0.717) is 19.3 Å². The van der Waals surface area contributed by atoms with Crippen LogP contribution in [0.15, 0.2) is 60.7 Å². The summed E-state index contributed by atoms with van der Waals surface area (Å²) in [4.78, 5) is 12.0. The van der Waals surface area contributed by atoms with E-state index < -0.39 is 29.9 Å². The van der Waals surface area contributed by atoms with Crippen LogP contribution in [0.2, 0.25) is 0 Å². The normalized spacial score (nSPS) is 14.7. The van der Waals surface area contributed by atoms with Gasteiger partial charge < -0.3 is 14.9 Å². The highest BCUT2D eigenvalue weighted by Gasteiger charge is 2.27. The Morgan fingerprint density at radius 1 is 0.966 bits per heavy atom. The molecule has 0 aromatic heterocycles. The monoisotopic (exact) mass is 400 g/mol. The minimum Gasteiger partial charge on any atom is -0.443 e. The minimum atomic E-state index is -1.08. The number of hydrogen-bond donors (Lipinski definition) is 4. The van der Waals surface area contributed by atoms with E-state index in [1.807, 2.05) is 60.7 Å². The Morgan fingerprint density at radius 3 is 2.07 bits per heavy atom. The van der Waals surface area contributed by atoms with Crippen molar-refractivity contribution in [2.45, 2.75) is 63.9 Å². The number of aliphatic hydroxyl groups excluding tert-OH is 2. The van der Waals surface area contributed by atoms with E-state index >= 15 is 0 Å². The number of rotatable bonds is 9. The third-order valence-corrected chi connectivity index (χ3v) is 4.44. The summed E-state index contributed by atoms with van der Waals surface area (Å²) in [5.74, 6) is 0. The third-order valence-electron chi connectivity index (χ3n) is 4.44. The van der Waals surface area contributed by atoms with Crippen LogP contribution >= 0.6 is 0 Å². The van der Waals surface area contributed by atoms with Crippen LogP contribution in [-0.2, 0) is 17.6 Å². The van der Waals surface area contributed by atoms with Crippen molar-refractivity contribution >= 4 is 6.09 Å². The van der Waals surface area contributed by atoms with Gasteiger partial charge in [0.2, 0.25) is 0 Å². The number of ether oxygens (including phenoxy) is 1. The summed E-state index contributed by atoms with van der Waals surface area (Å²) in [6.45, 7) is 5.32. The van der Waals surface area contributed by atoms with Crippen LogP contribution in [0.1, 0.15) is 38.3 Å². The molecule has 6 heteroatoms. The Morgan fingerprint density at radius 2 is 1.52 bits per heavy atom. The summed E-state index contributed by atoms with van der Waals surface area (Å²) < 4.78 is 5.23. The second-order valence-corrected chi connectivity index (χ2v) is 8.15. The van der Waals surface area contributed by atoms with Gasteiger partial charge in [-0.2, -0.15) is 0 Å². The van der Waals surface area contributed by atoms with Gasteiger partial charge in [-0.3, -0.25) is 5.43 Å². The van der Waals surface area contributed by atoms with Crippen molar-refractivity contribution in [1.82, 2.24) is 10.9 Å². The van der Waals surface area contributed by atoms with E-state index in [1.165, 1.54) is 0 Å². The number of carbonyl (C=O) groups is 1. The van der Waals surface area contributed by atoms with Crippen molar-refractivity contribution in [1.29, 1.82) is 0 Å². The van der Waals surface area contributed by atoms with Crippen LogP contribution in [-0.4, -0.2) is 40.2 Å². The molecule has 2 rings (SSSR count). The van der Waals surface area contributed by atoms with Crippen molar-refractivity contribution in [2.75, 3.05) is 0 Å². The maximum absolute atomic E-state index is 12.0. The van der Waals surface area contributed by atoms with Crippen LogP contribution in [0.25, 0.3) is 0 Å². The van der Waals surface area contributed by atoms with Crippen LogP contribution in [0.5, 0.6) is 0 Å². The predicted molar refractivity (Wildman–Crippen MR) is 113 cm³/mol. The van der Waals surface area contributed by atoms with Gasteiger partial charge in [-0.25, -0.2) is 10.2 Å². The van der Waals surface area contributed by atoms with Crippen molar-refractivity contribution in [3.05, 3.63) is 71.8 Å². The fourth-order valence-corrected chi connectivity index (χ4v) is 2.98. The molecule has 0 aliphatic rings. The molecule has 29 heavy (non-hydrogen) atoms. The van der Waals surface area contributed by atoms with Gasteiger partial charge in [0.25, 0.3) is 0 Å². The standard InChI is InChI=1S/C23H32N2O4/c1-23(2,3)29-22(28)25-24-19(16-18-12-8-5-9-13-18)21(27)20(26)15-14-17-10-6-4-7-11-17/h4-13,19-21,24,26-27H,14-16H2,1-3H3,(H,25,28)/t19-,20-,21+/m0/s1. The van der Waals surface area contributed by atoms with Crippen molar-refractivity contribution < 1.29 is 19.7 Å². The van der Waals surface area contributed by atoms with Crippen molar-refractivity contribution in [3.8, 4) is 0 Å². The van der Waals surface area contributed by atoms with E-state index in [9.17, 15) is 15.0 Å². The molecule has 0 saturated heterocycles. The van der Waals surface area contributed by atoms with Gasteiger partial charge in [-0.1, -0.05) is 60.7 Å². The molecule has 0 aliphatic carbocycles. The molecule has 1 amide bonds. The molecule has 0 unspecified atom stereocenters. The van der Waals surface area contributed by atoms with Crippen LogP contribution in [0.4, 0.5) is 4.79 Å². The Balaban J connectivity index is 1.99. The second-order valence-electron chi connectivity index (χ2n) is 8.15. The SMILES string of the molecule is CC(C)(C)OC(=O)NN[C@@H](Cc1ccccc1)[C@@H](O)[C@@H](O)CCc1ccccc1. The molecule has 0 spiro atoms. The van der Waals surface area contributed by atoms with Gasteiger partial charge in [0, 0.05) is 0 Å². The minimum absolute atomic E-state index is 0.407. The number of hydrogen-bond acceptors (Lipinski definition) is 5. The molecule has 2 aromatic carbocycles. The summed E-state index contributed by atoms with van der Waals surface area (Å²) >= 11 is 0. The second kappa shape index (κ2) is 11.0. The lowest BCUT2D eigenvalue weighted by Gasteiger charge is -2.29. The number of aliphatic hydroxyl groups is 2. The molecule has 0 radical (unpaired) electrons. The van der Waals surface area contributed by atoms with Gasteiger partial charge in [0.05, 0.1) is 18.2 Å². The average molecular weight is 401 g/mol. The van der Waals surface area contributed by atoms with Gasteiger partial charge in [0.1, 0.15) is 5.60 Å². The number of aryl methyl sites for hydroxylation is 1. The third kappa shape index (κ3) is 8.64. The van der Waals surface area contributed by atoms with E-state index in [4.69, 9.17) is 4.74 Å². The van der Waals surface area contributed by atoms with Crippen LogP contribution < -0.4 is 10.9 Å². The maximum atomic E-state index is 12.0. The number of hydrazine groups is 1. The fourth-order valence-electron chi connectivity index (χ4n) is 2.98. The van der Waals surface area contributed by atoms with E-state index in [0.717, 1.165) is 11.1 Å². The lowest BCUT2D eigenvalue weighted by molar-refractivity contribution is -0.0127. The first-order valence-electron chi connectivity index (χ1n) is 9.93. The first-order chi connectivity index (χ1) is 13.7. The van der Waals surface area contributed by atoms with Crippen molar-refractivity contribution in [2.24, 2.45) is 0 Å². The summed E-state index contributed by atoms with van der Waals surface area (Å²) in [6.07, 6.45) is -1.17. The maximum Gasteiger partial charge on any atom is 0.422 e. The smallest absolute Gasteiger partial charge is 0.422 e. The molecular formula is C23H32N2O4. The van der Waals surface area contributed by atoms with E-state index in [2.05, 4.69) is 10.9 Å². The van der Waals surface area contributed by atoms with Gasteiger partial charge in [-0.15, -0.1) is 0 Å².